The monoisotopic (exact) mass is 414 g/mol. The quantitative estimate of drug-likeness (QED) is 0.679. The predicted molar refractivity (Wildman–Crippen MR) is 113 cm³/mol. The fourth-order valence-corrected chi connectivity index (χ4v) is 3.97. The van der Waals surface area contributed by atoms with Crippen molar-refractivity contribution in [2.45, 2.75) is 39.3 Å². The highest BCUT2D eigenvalue weighted by atomic mass is 32.1. The van der Waals surface area contributed by atoms with Crippen molar-refractivity contribution in [3.8, 4) is 0 Å². The third kappa shape index (κ3) is 4.63. The number of hydrogen-bond acceptors (Lipinski definition) is 6. The summed E-state index contributed by atoms with van der Waals surface area (Å²) < 4.78 is 3.81. The molecule has 2 aromatic heterocycles. The third-order valence-corrected chi connectivity index (χ3v) is 5.36. The van der Waals surface area contributed by atoms with E-state index in [-0.39, 0.29) is 17.5 Å². The molecule has 0 unspecified atom stereocenters. The lowest BCUT2D eigenvalue weighted by atomic mass is 10.1. The van der Waals surface area contributed by atoms with Gasteiger partial charge in [0.25, 0.3) is 5.91 Å². The van der Waals surface area contributed by atoms with Gasteiger partial charge in [0.1, 0.15) is 0 Å². The normalized spacial score (nSPS) is 12.4. The van der Waals surface area contributed by atoms with Gasteiger partial charge < -0.3 is 5.32 Å². The minimum absolute atomic E-state index is 0.218. The first-order valence-electron chi connectivity index (χ1n) is 8.79. The molecule has 1 N–H and O–H groups in total. The van der Waals surface area contributed by atoms with Crippen LogP contribution in [0.5, 0.6) is 0 Å². The summed E-state index contributed by atoms with van der Waals surface area (Å²) in [6.45, 7) is 7.72. The van der Waals surface area contributed by atoms with E-state index in [1.165, 1.54) is 16.2 Å². The molecule has 0 aliphatic heterocycles. The molecule has 0 aliphatic rings. The minimum atomic E-state index is -0.809. The fourth-order valence-electron chi connectivity index (χ4n) is 2.73. The SMILES string of the molecule is Cc1ccc(N(C(=O)c2csnn2)[C@H](C(=O)NC(C)(C)C)c2cccs2)cc1. The van der Waals surface area contributed by atoms with Gasteiger partial charge in [-0.05, 0) is 62.8 Å². The Balaban J connectivity index is 2.12. The van der Waals surface area contributed by atoms with Gasteiger partial charge in [-0.25, -0.2) is 0 Å². The summed E-state index contributed by atoms with van der Waals surface area (Å²) >= 11 is 2.54. The molecule has 0 saturated carbocycles. The number of aromatic nitrogens is 2. The van der Waals surface area contributed by atoms with E-state index in [2.05, 4.69) is 14.9 Å². The van der Waals surface area contributed by atoms with Crippen LogP contribution in [0.25, 0.3) is 0 Å². The van der Waals surface area contributed by atoms with E-state index in [0.717, 1.165) is 22.0 Å². The molecule has 2 amide bonds. The highest BCUT2D eigenvalue weighted by molar-refractivity contribution is 7.10. The summed E-state index contributed by atoms with van der Waals surface area (Å²) in [5.74, 6) is -0.605. The minimum Gasteiger partial charge on any atom is -0.349 e. The first-order valence-corrected chi connectivity index (χ1v) is 10.5. The number of amides is 2. The molecule has 3 rings (SSSR count). The number of hydrogen-bond donors (Lipinski definition) is 1. The molecule has 0 spiro atoms. The van der Waals surface area contributed by atoms with E-state index < -0.39 is 11.6 Å². The largest absolute Gasteiger partial charge is 0.349 e. The number of nitrogens with one attached hydrogen (secondary N) is 1. The zero-order valence-electron chi connectivity index (χ0n) is 16.2. The van der Waals surface area contributed by atoms with Crippen molar-refractivity contribution in [3.63, 3.8) is 0 Å². The molecule has 3 aromatic rings. The van der Waals surface area contributed by atoms with Crippen molar-refractivity contribution in [2.24, 2.45) is 0 Å². The lowest BCUT2D eigenvalue weighted by molar-refractivity contribution is -0.123. The third-order valence-electron chi connectivity index (χ3n) is 3.93. The number of benzene rings is 1. The molecular formula is C20H22N4O2S2. The van der Waals surface area contributed by atoms with E-state index in [1.54, 1.807) is 5.38 Å². The number of thiophene rings is 1. The summed E-state index contributed by atoms with van der Waals surface area (Å²) in [5, 5.41) is 10.4. The van der Waals surface area contributed by atoms with E-state index in [1.807, 2.05) is 69.5 Å². The maximum Gasteiger partial charge on any atom is 0.280 e. The molecule has 6 nitrogen and oxygen atoms in total. The molecule has 1 aromatic carbocycles. The maximum atomic E-state index is 13.4. The molecule has 0 aliphatic carbocycles. The molecule has 0 fully saturated rings. The van der Waals surface area contributed by atoms with Crippen LogP contribution in [0.1, 0.15) is 47.7 Å². The molecular weight excluding hydrogens is 392 g/mol. The Bertz CT molecular complexity index is 930. The average Bonchev–Trinajstić information content (AvgIpc) is 3.32. The lowest BCUT2D eigenvalue weighted by Gasteiger charge is -2.32. The van der Waals surface area contributed by atoms with E-state index in [0.29, 0.717) is 5.69 Å². The van der Waals surface area contributed by atoms with E-state index in [9.17, 15) is 9.59 Å². The molecule has 0 radical (unpaired) electrons. The van der Waals surface area contributed by atoms with Crippen molar-refractivity contribution in [2.75, 3.05) is 4.90 Å². The standard InChI is InChI=1S/C20H22N4O2S2/c1-13-7-9-14(10-8-13)24(19(26)15-12-28-23-22-15)17(16-6-5-11-27-16)18(25)21-20(2,3)4/h5-12,17H,1-4H3,(H,21,25)/t17-/m0/s1. The van der Waals surface area contributed by atoms with Gasteiger partial charge in [-0.3, -0.25) is 14.5 Å². The van der Waals surface area contributed by atoms with Gasteiger partial charge in [-0.1, -0.05) is 28.3 Å². The molecule has 1 atom stereocenters. The summed E-state index contributed by atoms with van der Waals surface area (Å²) in [7, 11) is 0. The first kappa shape index (κ1) is 20.2. The lowest BCUT2D eigenvalue weighted by Crippen LogP contribution is -2.49. The molecule has 146 valence electrons. The highest BCUT2D eigenvalue weighted by Gasteiger charge is 2.36. The van der Waals surface area contributed by atoms with Crippen LogP contribution >= 0.6 is 22.9 Å². The van der Waals surface area contributed by atoms with Crippen molar-refractivity contribution in [3.05, 3.63) is 63.3 Å². The molecule has 0 bridgehead atoms. The fraction of sp³-hybridized carbons (Fsp3) is 0.300. The smallest absolute Gasteiger partial charge is 0.280 e. The number of carbonyl (C=O) groups is 2. The number of anilines is 1. The van der Waals surface area contributed by atoms with Gasteiger partial charge in [0.15, 0.2) is 11.7 Å². The molecule has 0 saturated heterocycles. The summed E-state index contributed by atoms with van der Waals surface area (Å²) in [4.78, 5) is 28.9. The van der Waals surface area contributed by atoms with Gasteiger partial charge in [0.2, 0.25) is 5.91 Å². The van der Waals surface area contributed by atoms with Gasteiger partial charge in [-0.15, -0.1) is 16.4 Å². The summed E-state index contributed by atoms with van der Waals surface area (Å²) in [5.41, 5.74) is 1.48. The Morgan fingerprint density at radius 3 is 2.39 bits per heavy atom. The van der Waals surface area contributed by atoms with Crippen LogP contribution in [0.15, 0.2) is 47.2 Å². The van der Waals surface area contributed by atoms with Crippen LogP contribution in [0.2, 0.25) is 0 Å². The molecule has 2 heterocycles. The van der Waals surface area contributed by atoms with E-state index >= 15 is 0 Å². The first-order chi connectivity index (χ1) is 13.3. The Labute approximate surface area is 172 Å². The predicted octanol–water partition coefficient (Wildman–Crippen LogP) is 4.21. The summed E-state index contributed by atoms with van der Waals surface area (Å²) in [6.07, 6.45) is 0. The van der Waals surface area contributed by atoms with Crippen molar-refractivity contribution in [1.82, 2.24) is 14.9 Å². The van der Waals surface area contributed by atoms with Crippen LogP contribution in [0.3, 0.4) is 0 Å². The number of nitrogens with zero attached hydrogens (tertiary/aromatic N) is 3. The number of rotatable bonds is 5. The topological polar surface area (TPSA) is 75.2 Å². The van der Waals surface area contributed by atoms with Gasteiger partial charge >= 0.3 is 0 Å². The van der Waals surface area contributed by atoms with Crippen LogP contribution in [0, 0.1) is 6.92 Å². The summed E-state index contributed by atoms with van der Waals surface area (Å²) in [6, 6.07) is 10.5. The maximum absolute atomic E-state index is 13.4. The van der Waals surface area contributed by atoms with Crippen LogP contribution < -0.4 is 10.2 Å². The second-order valence-electron chi connectivity index (χ2n) is 7.46. The second-order valence-corrected chi connectivity index (χ2v) is 9.05. The van der Waals surface area contributed by atoms with Gasteiger partial charge in [-0.2, -0.15) is 0 Å². The Morgan fingerprint density at radius 1 is 1.14 bits per heavy atom. The molecule has 8 heteroatoms. The van der Waals surface area contributed by atoms with Crippen LogP contribution in [-0.4, -0.2) is 26.9 Å². The average molecular weight is 415 g/mol. The second kappa shape index (κ2) is 8.20. The zero-order chi connectivity index (χ0) is 20.3. The van der Waals surface area contributed by atoms with Crippen LogP contribution in [0.4, 0.5) is 5.69 Å². The number of carbonyl (C=O) groups excluding carboxylic acids is 2. The van der Waals surface area contributed by atoms with E-state index in [4.69, 9.17) is 0 Å². The van der Waals surface area contributed by atoms with Crippen molar-refractivity contribution < 1.29 is 9.59 Å². The zero-order valence-corrected chi connectivity index (χ0v) is 17.8. The highest BCUT2D eigenvalue weighted by Crippen LogP contribution is 2.32. The van der Waals surface area contributed by atoms with Crippen molar-refractivity contribution in [1.29, 1.82) is 0 Å². The van der Waals surface area contributed by atoms with Gasteiger partial charge in [0, 0.05) is 21.5 Å². The van der Waals surface area contributed by atoms with Gasteiger partial charge in [0.05, 0.1) is 0 Å². The Hall–Kier alpha value is -2.58. The molecule has 28 heavy (non-hydrogen) atoms. The van der Waals surface area contributed by atoms with Crippen molar-refractivity contribution >= 4 is 40.4 Å². The van der Waals surface area contributed by atoms with Crippen LogP contribution in [-0.2, 0) is 4.79 Å². The Kier molecular flexibility index (Phi) is 5.90. The number of aryl methyl sites for hydroxylation is 1. The Morgan fingerprint density at radius 2 is 1.86 bits per heavy atom.